The highest BCUT2D eigenvalue weighted by atomic mass is 79.9. The first-order chi connectivity index (χ1) is 17.6. The third kappa shape index (κ3) is 2.88. The van der Waals surface area contributed by atoms with Crippen LogP contribution in [-0.2, 0) is 21.5 Å². The molecule has 3 aliphatic rings. The van der Waals surface area contributed by atoms with Gasteiger partial charge in [0.25, 0.3) is 0 Å². The molecule has 3 aromatic carbocycles. The minimum atomic E-state index is -0.692. The second kappa shape index (κ2) is 8.22. The lowest BCUT2D eigenvalue weighted by Gasteiger charge is -2.47. The van der Waals surface area contributed by atoms with Crippen molar-refractivity contribution >= 4 is 32.8 Å². The number of aromatic nitrogens is 1. The normalized spacial score (nSPS) is 26.4. The Kier molecular flexibility index (Phi) is 5.05. The molecule has 4 aromatic rings. The van der Waals surface area contributed by atoms with E-state index in [1.54, 1.807) is 0 Å². The lowest BCUT2D eigenvalue weighted by molar-refractivity contribution is -0.152. The Bertz CT molecular complexity index is 1480. The molecule has 0 radical (unpaired) electrons. The molecule has 0 saturated carbocycles. The van der Waals surface area contributed by atoms with Crippen LogP contribution in [0.4, 0.5) is 0 Å². The van der Waals surface area contributed by atoms with Crippen molar-refractivity contribution in [3.63, 3.8) is 0 Å². The van der Waals surface area contributed by atoms with Crippen LogP contribution < -0.4 is 4.74 Å². The van der Waals surface area contributed by atoms with Crippen molar-refractivity contribution in [1.82, 2.24) is 9.88 Å². The van der Waals surface area contributed by atoms with E-state index in [1.807, 2.05) is 25.1 Å². The summed E-state index contributed by atoms with van der Waals surface area (Å²) in [5.74, 6) is 0.258. The van der Waals surface area contributed by atoms with E-state index in [1.165, 1.54) is 10.9 Å². The summed E-state index contributed by atoms with van der Waals surface area (Å²) in [6.45, 7) is 3.55. The second-order valence-corrected chi connectivity index (χ2v) is 10.8. The molecule has 3 aliphatic heterocycles. The minimum Gasteiger partial charge on any atom is -0.493 e. The van der Waals surface area contributed by atoms with Crippen molar-refractivity contribution in [3.8, 4) is 5.75 Å². The van der Waals surface area contributed by atoms with Crippen LogP contribution in [0.1, 0.15) is 35.3 Å². The number of hydrogen-bond donors (Lipinski definition) is 1. The van der Waals surface area contributed by atoms with E-state index in [2.05, 4.69) is 80.4 Å². The number of H-pyrrole nitrogens is 1. The summed E-state index contributed by atoms with van der Waals surface area (Å²) < 4.78 is 13.2. The summed E-state index contributed by atoms with van der Waals surface area (Å²) in [4.78, 5) is 20.4. The van der Waals surface area contributed by atoms with Crippen molar-refractivity contribution in [3.05, 3.63) is 99.7 Å². The van der Waals surface area contributed by atoms with Gasteiger partial charge in [0.2, 0.25) is 0 Å². The number of esters is 1. The number of halogens is 1. The Labute approximate surface area is 218 Å². The van der Waals surface area contributed by atoms with Crippen LogP contribution in [0.25, 0.3) is 10.9 Å². The fourth-order valence-electron chi connectivity index (χ4n) is 7.17. The lowest BCUT2D eigenvalue weighted by Crippen LogP contribution is -2.53. The largest absolute Gasteiger partial charge is 0.493 e. The lowest BCUT2D eigenvalue weighted by atomic mass is 9.70. The van der Waals surface area contributed by atoms with Gasteiger partial charge in [0, 0.05) is 45.1 Å². The van der Waals surface area contributed by atoms with Gasteiger partial charge in [-0.25, -0.2) is 0 Å². The number of para-hydroxylation sites is 1. The zero-order valence-corrected chi connectivity index (χ0v) is 21.6. The molecule has 4 heterocycles. The second-order valence-electron chi connectivity index (χ2n) is 9.93. The Balaban J connectivity index is 1.57. The first kappa shape index (κ1) is 22.1. The summed E-state index contributed by atoms with van der Waals surface area (Å²) in [6.07, 6.45) is 0.914. The molecule has 1 aromatic heterocycles. The van der Waals surface area contributed by atoms with Crippen molar-refractivity contribution in [2.45, 2.75) is 24.9 Å². The van der Waals surface area contributed by atoms with Gasteiger partial charge in [0.1, 0.15) is 11.3 Å². The summed E-state index contributed by atoms with van der Waals surface area (Å²) in [6, 6.07) is 25.3. The fourth-order valence-corrected chi connectivity index (χ4v) is 7.55. The zero-order chi connectivity index (χ0) is 24.4. The van der Waals surface area contributed by atoms with Crippen molar-refractivity contribution in [2.75, 3.05) is 19.8 Å². The van der Waals surface area contributed by atoms with Gasteiger partial charge in [0.15, 0.2) is 0 Å². The van der Waals surface area contributed by atoms with Crippen molar-refractivity contribution in [1.29, 1.82) is 0 Å². The van der Waals surface area contributed by atoms with Gasteiger partial charge in [-0.2, -0.15) is 0 Å². The Morgan fingerprint density at radius 1 is 1.14 bits per heavy atom. The van der Waals surface area contributed by atoms with Gasteiger partial charge in [-0.1, -0.05) is 64.5 Å². The number of nitrogens with one attached hydrogen (secondary N) is 1. The fraction of sp³-hybridized carbons (Fsp3) is 0.300. The Hall–Kier alpha value is -3.09. The number of aromatic amines is 1. The number of hydrogen-bond acceptors (Lipinski definition) is 4. The number of fused-ring (bicyclic) bond motifs is 9. The molecule has 182 valence electrons. The van der Waals surface area contributed by atoms with Gasteiger partial charge in [-0.05, 0) is 48.7 Å². The SMILES string of the molecule is CCOC(=O)[C@@H]1[C@H]2COc3ccc(Br)cc3[C@@H]2N2CCc3c([nH]c4ccccc34)[C@]12c1ccccc1. The molecule has 0 spiro atoms. The highest BCUT2D eigenvalue weighted by Gasteiger charge is 2.67. The molecular formula is C30H27BrN2O3. The molecule has 1 saturated heterocycles. The quantitative estimate of drug-likeness (QED) is 0.324. The number of ether oxygens (including phenoxy) is 2. The maximum absolute atomic E-state index is 14.0. The summed E-state index contributed by atoms with van der Waals surface area (Å²) >= 11 is 3.68. The van der Waals surface area contributed by atoms with Gasteiger partial charge < -0.3 is 14.5 Å². The average Bonchev–Trinajstić information content (AvgIpc) is 3.43. The maximum Gasteiger partial charge on any atom is 0.312 e. The Morgan fingerprint density at radius 2 is 1.94 bits per heavy atom. The first-order valence-corrected chi connectivity index (χ1v) is 13.4. The van der Waals surface area contributed by atoms with Gasteiger partial charge >= 0.3 is 5.97 Å². The van der Waals surface area contributed by atoms with Crippen LogP contribution in [0.3, 0.4) is 0 Å². The third-order valence-electron chi connectivity index (χ3n) is 8.35. The number of carbonyl (C=O) groups is 1. The van der Waals surface area contributed by atoms with E-state index < -0.39 is 11.5 Å². The molecular weight excluding hydrogens is 516 g/mol. The number of carbonyl (C=O) groups excluding carboxylic acids is 1. The smallest absolute Gasteiger partial charge is 0.312 e. The predicted molar refractivity (Wildman–Crippen MR) is 142 cm³/mol. The van der Waals surface area contributed by atoms with Crippen LogP contribution in [0, 0.1) is 11.8 Å². The minimum absolute atomic E-state index is 0.0282. The molecule has 1 N–H and O–H groups in total. The maximum atomic E-state index is 14.0. The van der Waals surface area contributed by atoms with Crippen molar-refractivity contribution in [2.24, 2.45) is 11.8 Å². The summed E-state index contributed by atoms with van der Waals surface area (Å²) in [5, 5.41) is 1.24. The molecule has 1 fully saturated rings. The first-order valence-electron chi connectivity index (χ1n) is 12.7. The van der Waals surface area contributed by atoms with Crippen molar-refractivity contribution < 1.29 is 14.3 Å². The van der Waals surface area contributed by atoms with E-state index >= 15 is 0 Å². The van der Waals surface area contributed by atoms with E-state index in [0.29, 0.717) is 13.2 Å². The van der Waals surface area contributed by atoms with E-state index in [0.717, 1.165) is 45.5 Å². The van der Waals surface area contributed by atoms with E-state index in [-0.39, 0.29) is 17.9 Å². The van der Waals surface area contributed by atoms with Crippen LogP contribution in [0.2, 0.25) is 0 Å². The van der Waals surface area contributed by atoms with Gasteiger partial charge in [-0.15, -0.1) is 0 Å². The van der Waals surface area contributed by atoms with Crippen LogP contribution in [-0.4, -0.2) is 35.6 Å². The Morgan fingerprint density at radius 3 is 2.78 bits per heavy atom. The molecule has 0 aliphatic carbocycles. The number of benzene rings is 3. The van der Waals surface area contributed by atoms with Crippen LogP contribution in [0.15, 0.2) is 77.3 Å². The number of nitrogens with zero attached hydrogens (tertiary/aromatic N) is 1. The molecule has 7 rings (SSSR count). The average molecular weight is 543 g/mol. The highest BCUT2D eigenvalue weighted by molar-refractivity contribution is 9.10. The molecule has 4 atom stereocenters. The van der Waals surface area contributed by atoms with Gasteiger partial charge in [0.05, 0.1) is 19.1 Å². The monoisotopic (exact) mass is 542 g/mol. The highest BCUT2D eigenvalue weighted by Crippen LogP contribution is 2.63. The molecule has 0 unspecified atom stereocenters. The number of rotatable bonds is 3. The van der Waals surface area contributed by atoms with E-state index in [4.69, 9.17) is 9.47 Å². The third-order valence-corrected chi connectivity index (χ3v) is 8.84. The van der Waals surface area contributed by atoms with Crippen LogP contribution in [0.5, 0.6) is 5.75 Å². The van der Waals surface area contributed by atoms with Gasteiger partial charge in [-0.3, -0.25) is 9.69 Å². The molecule has 36 heavy (non-hydrogen) atoms. The molecule has 0 amide bonds. The van der Waals surface area contributed by atoms with Crippen LogP contribution >= 0.6 is 15.9 Å². The zero-order valence-electron chi connectivity index (χ0n) is 20.0. The topological polar surface area (TPSA) is 54.6 Å². The molecule has 0 bridgehead atoms. The summed E-state index contributed by atoms with van der Waals surface area (Å²) in [7, 11) is 0. The molecule has 5 nitrogen and oxygen atoms in total. The predicted octanol–water partition coefficient (Wildman–Crippen LogP) is 5.97. The standard InChI is InChI=1S/C30H27BrN2O3/c1-2-35-29(34)26-23-17-36-25-13-12-19(31)16-22(25)27(23)33-15-14-21-20-10-6-7-11-24(20)32-28(21)30(26,33)18-8-4-3-5-9-18/h3-13,16,23,26-27,32H,2,14-15,17H2,1H3/t23-,26+,27+,30+/m1/s1. The molecule has 6 heteroatoms. The van der Waals surface area contributed by atoms with E-state index in [9.17, 15) is 4.79 Å². The summed E-state index contributed by atoms with van der Waals surface area (Å²) in [5.41, 5.74) is 5.08.